The van der Waals surface area contributed by atoms with Crippen molar-refractivity contribution in [3.05, 3.63) is 29.6 Å². The molecule has 1 aromatic rings. The minimum atomic E-state index is -2.27. The van der Waals surface area contributed by atoms with E-state index in [0.29, 0.717) is 0 Å². The molecule has 1 heterocycles. The summed E-state index contributed by atoms with van der Waals surface area (Å²) in [7, 11) is 0. The fourth-order valence-electron chi connectivity index (χ4n) is 1.92. The number of aliphatic hydroxyl groups is 2. The first-order valence-corrected chi connectivity index (χ1v) is 6.35. The molecule has 6 N–H and O–H groups in total. The number of fused-ring (bicyclic) bond motifs is 1. The Balaban J connectivity index is 0.000000212. The largest absolute Gasteiger partial charge is 0.479 e. The highest BCUT2D eigenvalue weighted by molar-refractivity contribution is 5.83. The highest BCUT2D eigenvalue weighted by Crippen LogP contribution is 2.24. The van der Waals surface area contributed by atoms with Gasteiger partial charge in [0, 0.05) is 12.2 Å². The summed E-state index contributed by atoms with van der Waals surface area (Å²) in [6.45, 7) is 0. The maximum atomic E-state index is 9.77. The summed E-state index contributed by atoms with van der Waals surface area (Å²) in [5.41, 5.74) is 8.33. The predicted octanol–water partition coefficient (Wildman–Crippen LogP) is -0.705. The van der Waals surface area contributed by atoms with Crippen LogP contribution in [0.5, 0.6) is 0 Å². The van der Waals surface area contributed by atoms with Gasteiger partial charge in [0.25, 0.3) is 0 Å². The van der Waals surface area contributed by atoms with Gasteiger partial charge in [0.2, 0.25) is 0 Å². The molecule has 0 radical (unpaired) electrons. The van der Waals surface area contributed by atoms with Crippen molar-refractivity contribution in [2.24, 2.45) is 5.73 Å². The molecule has 0 fully saturated rings. The van der Waals surface area contributed by atoms with Crippen molar-refractivity contribution in [2.45, 2.75) is 37.5 Å². The van der Waals surface area contributed by atoms with E-state index >= 15 is 0 Å². The van der Waals surface area contributed by atoms with Crippen molar-refractivity contribution in [1.29, 1.82) is 0 Å². The normalized spacial score (nSPS) is 19.5. The Morgan fingerprint density at radius 2 is 1.81 bits per heavy atom. The van der Waals surface area contributed by atoms with Crippen molar-refractivity contribution < 1.29 is 30.0 Å². The molecule has 0 aromatic carbocycles. The second-order valence-corrected chi connectivity index (χ2v) is 4.61. The Labute approximate surface area is 120 Å². The molecular formula is C13H18N2O6. The first kappa shape index (κ1) is 17.0. The summed E-state index contributed by atoms with van der Waals surface area (Å²) < 4.78 is 0. The van der Waals surface area contributed by atoms with Gasteiger partial charge in [-0.3, -0.25) is 4.98 Å². The Hall–Kier alpha value is -2.03. The standard InChI is InChI=1S/C9H12N2.C4H6O6/c10-8-5-1-3-7-4-2-6-11-9(7)8;5-1(3(7)8)2(6)4(9)10/h2,4,6,8H,1,3,5,10H2;1-2,5-6H,(H,7,8)(H,9,10)/t8-;1-,2-/m00/s1. The molecule has 116 valence electrons. The molecular weight excluding hydrogens is 280 g/mol. The van der Waals surface area contributed by atoms with Crippen LogP contribution in [0.15, 0.2) is 18.3 Å². The molecule has 0 unspecified atom stereocenters. The predicted molar refractivity (Wildman–Crippen MR) is 71.4 cm³/mol. The number of carbonyl (C=O) groups is 2. The summed E-state index contributed by atoms with van der Waals surface area (Å²) in [5.74, 6) is -3.54. The molecule has 21 heavy (non-hydrogen) atoms. The molecule has 0 saturated heterocycles. The van der Waals surface area contributed by atoms with Crippen LogP contribution in [-0.4, -0.2) is 49.6 Å². The summed E-state index contributed by atoms with van der Waals surface area (Å²) >= 11 is 0. The maximum absolute atomic E-state index is 9.77. The molecule has 0 saturated carbocycles. The number of aryl methyl sites for hydroxylation is 1. The van der Waals surface area contributed by atoms with Gasteiger partial charge in [-0.15, -0.1) is 0 Å². The van der Waals surface area contributed by atoms with Gasteiger partial charge in [-0.05, 0) is 30.9 Å². The molecule has 0 amide bonds. The molecule has 0 bridgehead atoms. The number of aromatic nitrogens is 1. The summed E-state index contributed by atoms with van der Waals surface area (Å²) in [4.78, 5) is 23.8. The Kier molecular flexibility index (Phi) is 6.22. The zero-order valence-corrected chi connectivity index (χ0v) is 11.2. The van der Waals surface area contributed by atoms with E-state index in [4.69, 9.17) is 26.2 Å². The van der Waals surface area contributed by atoms with E-state index in [-0.39, 0.29) is 6.04 Å². The highest BCUT2D eigenvalue weighted by atomic mass is 16.4. The molecule has 1 aromatic heterocycles. The number of carboxylic acid groups (broad SMARTS) is 2. The lowest BCUT2D eigenvalue weighted by Gasteiger charge is -2.19. The van der Waals surface area contributed by atoms with Gasteiger partial charge >= 0.3 is 11.9 Å². The molecule has 8 nitrogen and oxygen atoms in total. The number of rotatable bonds is 3. The highest BCUT2D eigenvalue weighted by Gasteiger charge is 2.29. The minimum absolute atomic E-state index is 0.181. The van der Waals surface area contributed by atoms with Gasteiger partial charge < -0.3 is 26.2 Å². The van der Waals surface area contributed by atoms with Gasteiger partial charge in [-0.25, -0.2) is 9.59 Å². The van der Waals surface area contributed by atoms with E-state index in [9.17, 15) is 9.59 Å². The molecule has 2 rings (SSSR count). The second kappa shape index (κ2) is 7.67. The average Bonchev–Trinajstić information content (AvgIpc) is 2.46. The van der Waals surface area contributed by atoms with Crippen LogP contribution >= 0.6 is 0 Å². The van der Waals surface area contributed by atoms with E-state index in [0.717, 1.165) is 18.5 Å². The fourth-order valence-corrected chi connectivity index (χ4v) is 1.92. The number of hydrogen-bond acceptors (Lipinski definition) is 6. The number of carboxylic acids is 2. The molecule has 0 aliphatic heterocycles. The topological polar surface area (TPSA) is 154 Å². The van der Waals surface area contributed by atoms with Crippen LogP contribution < -0.4 is 5.73 Å². The van der Waals surface area contributed by atoms with Crippen LogP contribution in [0.1, 0.15) is 30.1 Å². The first-order valence-electron chi connectivity index (χ1n) is 6.35. The van der Waals surface area contributed by atoms with Crippen LogP contribution in [-0.2, 0) is 16.0 Å². The zero-order chi connectivity index (χ0) is 16.0. The summed E-state index contributed by atoms with van der Waals surface area (Å²) in [6.07, 6.45) is 0.736. The van der Waals surface area contributed by atoms with Gasteiger partial charge in [0.1, 0.15) is 0 Å². The number of aliphatic hydroxyl groups excluding tert-OH is 2. The van der Waals surface area contributed by atoms with E-state index in [1.54, 1.807) is 0 Å². The monoisotopic (exact) mass is 298 g/mol. The zero-order valence-electron chi connectivity index (χ0n) is 11.2. The smallest absolute Gasteiger partial charge is 0.335 e. The lowest BCUT2D eigenvalue weighted by molar-refractivity contribution is -0.165. The quantitative estimate of drug-likeness (QED) is 0.490. The third-order valence-corrected chi connectivity index (χ3v) is 3.04. The molecule has 1 aliphatic carbocycles. The second-order valence-electron chi connectivity index (χ2n) is 4.61. The van der Waals surface area contributed by atoms with Crippen molar-refractivity contribution in [2.75, 3.05) is 0 Å². The van der Waals surface area contributed by atoms with Gasteiger partial charge in [0.15, 0.2) is 12.2 Å². The third-order valence-electron chi connectivity index (χ3n) is 3.04. The molecule has 1 aliphatic rings. The van der Waals surface area contributed by atoms with Crippen LogP contribution in [0.4, 0.5) is 0 Å². The summed E-state index contributed by atoms with van der Waals surface area (Å²) in [6, 6.07) is 4.29. The Bertz CT molecular complexity index is 489. The van der Waals surface area contributed by atoms with Crippen molar-refractivity contribution >= 4 is 11.9 Å². The number of pyridine rings is 1. The van der Waals surface area contributed by atoms with E-state index < -0.39 is 24.1 Å². The molecule has 3 atom stereocenters. The van der Waals surface area contributed by atoms with Crippen LogP contribution in [0.2, 0.25) is 0 Å². The Morgan fingerprint density at radius 3 is 2.29 bits per heavy atom. The number of nitrogens with zero attached hydrogens (tertiary/aromatic N) is 1. The maximum Gasteiger partial charge on any atom is 0.335 e. The molecule has 0 spiro atoms. The lowest BCUT2D eigenvalue weighted by Crippen LogP contribution is -2.39. The number of hydrogen-bond donors (Lipinski definition) is 5. The van der Waals surface area contributed by atoms with Crippen molar-refractivity contribution in [3.8, 4) is 0 Å². The SMILES string of the molecule is N[C@H]1CCCc2cccnc21.O=C(O)[C@@H](O)[C@H](O)C(=O)O. The van der Waals surface area contributed by atoms with E-state index in [1.807, 2.05) is 12.3 Å². The van der Waals surface area contributed by atoms with Gasteiger partial charge in [-0.2, -0.15) is 0 Å². The van der Waals surface area contributed by atoms with E-state index in [1.165, 1.54) is 12.0 Å². The number of nitrogens with two attached hydrogens (primary N) is 1. The van der Waals surface area contributed by atoms with Crippen LogP contribution in [0, 0.1) is 0 Å². The van der Waals surface area contributed by atoms with Crippen LogP contribution in [0.25, 0.3) is 0 Å². The van der Waals surface area contributed by atoms with Crippen LogP contribution in [0.3, 0.4) is 0 Å². The lowest BCUT2D eigenvalue weighted by atomic mass is 9.93. The molecule has 8 heteroatoms. The number of aliphatic carboxylic acids is 2. The minimum Gasteiger partial charge on any atom is -0.479 e. The fraction of sp³-hybridized carbons (Fsp3) is 0.462. The third kappa shape index (κ3) is 4.78. The first-order chi connectivity index (χ1) is 9.84. The Morgan fingerprint density at radius 1 is 1.24 bits per heavy atom. The van der Waals surface area contributed by atoms with E-state index in [2.05, 4.69) is 11.1 Å². The van der Waals surface area contributed by atoms with Crippen molar-refractivity contribution in [3.63, 3.8) is 0 Å². The van der Waals surface area contributed by atoms with Gasteiger partial charge in [0.05, 0.1) is 5.69 Å². The van der Waals surface area contributed by atoms with Gasteiger partial charge in [-0.1, -0.05) is 6.07 Å². The summed E-state index contributed by atoms with van der Waals surface area (Å²) in [5, 5.41) is 32.5. The average molecular weight is 298 g/mol. The van der Waals surface area contributed by atoms with Crippen molar-refractivity contribution in [1.82, 2.24) is 4.98 Å².